The van der Waals surface area contributed by atoms with Gasteiger partial charge in [-0.05, 0) is 24.7 Å². The lowest BCUT2D eigenvalue weighted by Crippen LogP contribution is -2.10. The molecule has 0 N–H and O–H groups in total. The Hall–Kier alpha value is 0. The van der Waals surface area contributed by atoms with Gasteiger partial charge in [-0.1, -0.05) is 175 Å². The van der Waals surface area contributed by atoms with E-state index < -0.39 is 0 Å². The second kappa shape index (κ2) is 26.3. The fourth-order valence-corrected chi connectivity index (χ4v) is 5.02. The molecular formula is C31H63. The van der Waals surface area contributed by atoms with Crippen molar-refractivity contribution in [1.82, 2.24) is 0 Å². The normalized spacial score (nSPS) is 12.7. The molecule has 0 fully saturated rings. The van der Waals surface area contributed by atoms with Gasteiger partial charge in [0.2, 0.25) is 0 Å². The number of hydrogen-bond donors (Lipinski definition) is 0. The summed E-state index contributed by atoms with van der Waals surface area (Å²) >= 11 is 0. The van der Waals surface area contributed by atoms with Crippen molar-refractivity contribution in [3.63, 3.8) is 0 Å². The van der Waals surface area contributed by atoms with Crippen LogP contribution in [0.3, 0.4) is 0 Å². The molecule has 0 saturated carbocycles. The Bertz CT molecular complexity index is 307. The zero-order chi connectivity index (χ0) is 22.8. The summed E-state index contributed by atoms with van der Waals surface area (Å²) in [6.07, 6.45) is 36.2. The Morgan fingerprint density at radius 3 is 1.03 bits per heavy atom. The van der Waals surface area contributed by atoms with Gasteiger partial charge >= 0.3 is 0 Å². The maximum absolute atomic E-state index is 2.55. The molecule has 187 valence electrons. The van der Waals surface area contributed by atoms with Crippen molar-refractivity contribution in [3.8, 4) is 0 Å². The molecule has 0 heteroatoms. The molecule has 0 saturated heterocycles. The van der Waals surface area contributed by atoms with Crippen molar-refractivity contribution in [1.29, 1.82) is 0 Å². The van der Waals surface area contributed by atoms with E-state index in [0.717, 1.165) is 5.92 Å². The lowest BCUT2D eigenvalue weighted by Gasteiger charge is -2.24. The summed E-state index contributed by atoms with van der Waals surface area (Å²) in [5, 5.41) is 0. The van der Waals surface area contributed by atoms with Crippen LogP contribution < -0.4 is 0 Å². The molecule has 0 bridgehead atoms. The van der Waals surface area contributed by atoms with Gasteiger partial charge in [0.15, 0.2) is 0 Å². The molecule has 1 atom stereocenters. The molecule has 0 spiro atoms. The molecule has 0 nitrogen and oxygen atoms in total. The SMILES string of the molecule is CCCCCCCCCC[C](CCCCCCCCC)C(C)CCCCCCCCC. The average molecular weight is 436 g/mol. The smallest absolute Gasteiger partial charge is 0.0213 e. The third-order valence-corrected chi connectivity index (χ3v) is 7.39. The minimum Gasteiger partial charge on any atom is -0.0654 e. The van der Waals surface area contributed by atoms with Crippen LogP contribution in [0.15, 0.2) is 0 Å². The topological polar surface area (TPSA) is 0 Å². The van der Waals surface area contributed by atoms with Gasteiger partial charge in [-0.3, -0.25) is 0 Å². The van der Waals surface area contributed by atoms with Crippen molar-refractivity contribution in [2.75, 3.05) is 0 Å². The summed E-state index contributed by atoms with van der Waals surface area (Å²) in [6, 6.07) is 0. The highest BCUT2D eigenvalue weighted by atomic mass is 14.2. The molecule has 0 aromatic rings. The average Bonchev–Trinajstić information content (AvgIpc) is 2.78. The Kier molecular flexibility index (Phi) is 26.3. The number of hydrogen-bond acceptors (Lipinski definition) is 0. The van der Waals surface area contributed by atoms with E-state index >= 15 is 0 Å². The molecule has 0 rings (SSSR count). The fraction of sp³-hybridized carbons (Fsp3) is 0.968. The van der Waals surface area contributed by atoms with E-state index in [-0.39, 0.29) is 0 Å². The maximum Gasteiger partial charge on any atom is -0.0213 e. The largest absolute Gasteiger partial charge is 0.0654 e. The summed E-state index contributed by atoms with van der Waals surface area (Å²) in [4.78, 5) is 0. The van der Waals surface area contributed by atoms with Gasteiger partial charge < -0.3 is 0 Å². The first-order valence-corrected chi connectivity index (χ1v) is 15.1. The summed E-state index contributed by atoms with van der Waals surface area (Å²) in [5.74, 6) is 2.81. The van der Waals surface area contributed by atoms with Crippen molar-refractivity contribution in [2.45, 2.75) is 188 Å². The molecule has 0 aromatic carbocycles. The summed E-state index contributed by atoms with van der Waals surface area (Å²) in [7, 11) is 0. The molecule has 0 aliphatic carbocycles. The minimum atomic E-state index is 0.875. The van der Waals surface area contributed by atoms with Crippen LogP contribution in [0.5, 0.6) is 0 Å². The van der Waals surface area contributed by atoms with Crippen molar-refractivity contribution in [3.05, 3.63) is 5.92 Å². The Balaban J connectivity index is 4.02. The standard InChI is InChI=1S/C31H63/c1-5-8-11-14-17-20-23-26-29-31(28-25-22-19-16-13-10-7-3)30(4)27-24-21-18-15-12-9-6-2/h30H,5-29H2,1-4H3. The summed E-state index contributed by atoms with van der Waals surface area (Å²) in [5.41, 5.74) is 0. The van der Waals surface area contributed by atoms with Crippen molar-refractivity contribution in [2.24, 2.45) is 5.92 Å². The third-order valence-electron chi connectivity index (χ3n) is 7.39. The van der Waals surface area contributed by atoms with E-state index in [1.165, 1.54) is 161 Å². The predicted octanol–water partition coefficient (Wildman–Crippen LogP) is 12.0. The number of unbranched alkanes of at least 4 members (excludes halogenated alkanes) is 19. The molecule has 0 aliphatic heterocycles. The first-order valence-electron chi connectivity index (χ1n) is 15.1. The maximum atomic E-state index is 2.55. The van der Waals surface area contributed by atoms with E-state index in [4.69, 9.17) is 0 Å². The van der Waals surface area contributed by atoms with E-state index in [1.54, 1.807) is 0 Å². The Morgan fingerprint density at radius 1 is 0.387 bits per heavy atom. The van der Waals surface area contributed by atoms with E-state index in [2.05, 4.69) is 27.7 Å². The van der Waals surface area contributed by atoms with Crippen LogP contribution in [0.25, 0.3) is 0 Å². The van der Waals surface area contributed by atoms with E-state index in [1.807, 2.05) is 5.92 Å². The van der Waals surface area contributed by atoms with Gasteiger partial charge in [-0.25, -0.2) is 0 Å². The third kappa shape index (κ3) is 23.0. The Morgan fingerprint density at radius 2 is 0.677 bits per heavy atom. The summed E-state index contributed by atoms with van der Waals surface area (Å²) < 4.78 is 0. The highest BCUT2D eigenvalue weighted by Gasteiger charge is 2.17. The van der Waals surface area contributed by atoms with Gasteiger partial charge in [0.1, 0.15) is 0 Å². The van der Waals surface area contributed by atoms with Crippen LogP contribution >= 0.6 is 0 Å². The van der Waals surface area contributed by atoms with Gasteiger partial charge in [0.05, 0.1) is 0 Å². The van der Waals surface area contributed by atoms with Crippen LogP contribution in [0.2, 0.25) is 0 Å². The highest BCUT2D eigenvalue weighted by molar-refractivity contribution is 4.94. The monoisotopic (exact) mass is 435 g/mol. The van der Waals surface area contributed by atoms with Crippen LogP contribution in [0.4, 0.5) is 0 Å². The lowest BCUT2D eigenvalue weighted by molar-refractivity contribution is 0.428. The second-order valence-electron chi connectivity index (χ2n) is 10.6. The minimum absolute atomic E-state index is 0.875. The van der Waals surface area contributed by atoms with Crippen LogP contribution in [-0.2, 0) is 0 Å². The van der Waals surface area contributed by atoms with Crippen molar-refractivity contribution < 1.29 is 0 Å². The predicted molar refractivity (Wildman–Crippen MR) is 145 cm³/mol. The van der Waals surface area contributed by atoms with Gasteiger partial charge in [-0.2, -0.15) is 0 Å². The van der Waals surface area contributed by atoms with E-state index in [0.29, 0.717) is 0 Å². The second-order valence-corrected chi connectivity index (χ2v) is 10.6. The Labute approximate surface area is 200 Å². The number of rotatable bonds is 26. The van der Waals surface area contributed by atoms with Gasteiger partial charge in [-0.15, -0.1) is 0 Å². The summed E-state index contributed by atoms with van der Waals surface area (Å²) in [6.45, 7) is 9.50. The van der Waals surface area contributed by atoms with Gasteiger partial charge in [0, 0.05) is 0 Å². The first kappa shape index (κ1) is 31.0. The molecule has 1 radical (unpaired) electrons. The highest BCUT2D eigenvalue weighted by Crippen LogP contribution is 2.31. The molecule has 0 heterocycles. The van der Waals surface area contributed by atoms with E-state index in [9.17, 15) is 0 Å². The molecule has 0 aromatic heterocycles. The molecule has 0 aliphatic rings. The lowest BCUT2D eigenvalue weighted by atomic mass is 9.81. The molecule has 0 amide bonds. The fourth-order valence-electron chi connectivity index (χ4n) is 5.02. The first-order chi connectivity index (χ1) is 15.3. The molecular weight excluding hydrogens is 372 g/mol. The van der Waals surface area contributed by atoms with Crippen LogP contribution in [0.1, 0.15) is 188 Å². The van der Waals surface area contributed by atoms with Gasteiger partial charge in [0.25, 0.3) is 0 Å². The molecule has 31 heavy (non-hydrogen) atoms. The van der Waals surface area contributed by atoms with Crippen molar-refractivity contribution >= 4 is 0 Å². The van der Waals surface area contributed by atoms with Crippen LogP contribution in [0, 0.1) is 11.8 Å². The quantitative estimate of drug-likeness (QED) is 0.118. The zero-order valence-corrected chi connectivity index (χ0v) is 22.8. The zero-order valence-electron chi connectivity index (χ0n) is 22.8. The molecule has 1 unspecified atom stereocenters. The van der Waals surface area contributed by atoms with Crippen LogP contribution in [-0.4, -0.2) is 0 Å².